The Morgan fingerprint density at radius 2 is 1.88 bits per heavy atom. The van der Waals surface area contributed by atoms with Gasteiger partial charge >= 0.3 is 5.69 Å². The number of nitrogens with one attached hydrogen (secondary N) is 2. The molecule has 0 bridgehead atoms. The van der Waals surface area contributed by atoms with Gasteiger partial charge in [-0.1, -0.05) is 0 Å². The molecule has 1 aliphatic carbocycles. The lowest BCUT2D eigenvalue weighted by atomic mass is 9.80. The van der Waals surface area contributed by atoms with E-state index in [4.69, 9.17) is 5.73 Å². The van der Waals surface area contributed by atoms with Gasteiger partial charge in [0.25, 0.3) is 5.56 Å². The highest BCUT2D eigenvalue weighted by Gasteiger charge is 2.22. The lowest BCUT2D eigenvalue weighted by Gasteiger charge is -2.27. The highest BCUT2D eigenvalue weighted by Crippen LogP contribution is 2.33. The summed E-state index contributed by atoms with van der Waals surface area (Å²) in [5.74, 6) is 0.905. The summed E-state index contributed by atoms with van der Waals surface area (Å²) in [7, 11) is 0. The normalized spacial score (nSPS) is 25.6. The fourth-order valence-electron chi connectivity index (χ4n) is 2.42. The van der Waals surface area contributed by atoms with E-state index in [-0.39, 0.29) is 5.56 Å². The van der Waals surface area contributed by atoms with E-state index in [1.807, 2.05) is 0 Å². The molecule has 1 heterocycles. The fraction of sp³-hybridized carbons (Fsp3) is 0.636. The number of H-pyrrole nitrogens is 2. The molecule has 5 nitrogen and oxygen atoms in total. The molecule has 16 heavy (non-hydrogen) atoms. The maximum Gasteiger partial charge on any atom is 0.325 e. The Morgan fingerprint density at radius 3 is 2.44 bits per heavy atom. The molecular weight excluding hydrogens is 206 g/mol. The quantitative estimate of drug-likeness (QED) is 0.673. The average molecular weight is 223 g/mol. The minimum absolute atomic E-state index is 0.304. The number of aromatic amines is 2. The van der Waals surface area contributed by atoms with Crippen molar-refractivity contribution in [3.63, 3.8) is 0 Å². The summed E-state index contributed by atoms with van der Waals surface area (Å²) in [6, 6.07) is 1.49. The lowest BCUT2D eigenvalue weighted by Crippen LogP contribution is -2.26. The molecule has 0 spiro atoms. The van der Waals surface area contributed by atoms with Gasteiger partial charge in [0.2, 0.25) is 0 Å². The van der Waals surface area contributed by atoms with Gasteiger partial charge in [-0.3, -0.25) is 9.78 Å². The molecule has 2 rings (SSSR count). The Kier molecular flexibility index (Phi) is 3.24. The Labute approximate surface area is 93.1 Å². The van der Waals surface area contributed by atoms with Crippen molar-refractivity contribution in [1.29, 1.82) is 0 Å². The van der Waals surface area contributed by atoms with Gasteiger partial charge < -0.3 is 10.7 Å². The molecule has 0 amide bonds. The van der Waals surface area contributed by atoms with Crippen LogP contribution in [0, 0.1) is 5.92 Å². The van der Waals surface area contributed by atoms with E-state index in [0.717, 1.165) is 37.9 Å². The maximum absolute atomic E-state index is 11.2. The molecule has 0 unspecified atom stereocenters. The zero-order valence-electron chi connectivity index (χ0n) is 9.16. The van der Waals surface area contributed by atoms with Crippen molar-refractivity contribution < 1.29 is 0 Å². The predicted molar refractivity (Wildman–Crippen MR) is 61.4 cm³/mol. The fourth-order valence-corrected chi connectivity index (χ4v) is 2.42. The van der Waals surface area contributed by atoms with Gasteiger partial charge in [-0.2, -0.15) is 0 Å². The molecule has 0 aliphatic heterocycles. The molecule has 5 heteroatoms. The van der Waals surface area contributed by atoms with E-state index < -0.39 is 5.69 Å². The SMILES string of the molecule is NCC1CCC(c2cc(=O)[nH]c(=O)[nH]2)CC1. The van der Waals surface area contributed by atoms with Crippen LogP contribution in [0.3, 0.4) is 0 Å². The summed E-state index contributed by atoms with van der Waals surface area (Å²) in [5.41, 5.74) is 5.66. The molecule has 1 saturated carbocycles. The van der Waals surface area contributed by atoms with Crippen molar-refractivity contribution in [2.75, 3.05) is 6.54 Å². The summed E-state index contributed by atoms with van der Waals surface area (Å²) >= 11 is 0. The maximum atomic E-state index is 11.2. The minimum Gasteiger partial charge on any atom is -0.330 e. The molecule has 0 aromatic carbocycles. The average Bonchev–Trinajstić information content (AvgIpc) is 2.28. The molecule has 1 fully saturated rings. The van der Waals surface area contributed by atoms with E-state index >= 15 is 0 Å². The first-order valence-electron chi connectivity index (χ1n) is 5.72. The Morgan fingerprint density at radius 1 is 1.19 bits per heavy atom. The summed E-state index contributed by atoms with van der Waals surface area (Å²) in [4.78, 5) is 27.2. The van der Waals surface area contributed by atoms with Gasteiger partial charge in [0.15, 0.2) is 0 Å². The number of nitrogens with two attached hydrogens (primary N) is 1. The van der Waals surface area contributed by atoms with Crippen LogP contribution in [0.1, 0.15) is 37.3 Å². The van der Waals surface area contributed by atoms with Crippen LogP contribution in [0.4, 0.5) is 0 Å². The molecule has 0 saturated heterocycles. The first-order chi connectivity index (χ1) is 7.69. The number of rotatable bonds is 2. The molecule has 88 valence electrons. The second-order valence-corrected chi connectivity index (χ2v) is 4.50. The highest BCUT2D eigenvalue weighted by atomic mass is 16.2. The highest BCUT2D eigenvalue weighted by molar-refractivity contribution is 5.07. The van der Waals surface area contributed by atoms with Gasteiger partial charge in [-0.05, 0) is 44.1 Å². The topological polar surface area (TPSA) is 91.7 Å². The van der Waals surface area contributed by atoms with Gasteiger partial charge in [0.1, 0.15) is 0 Å². The zero-order chi connectivity index (χ0) is 11.5. The molecule has 1 aromatic rings. The van der Waals surface area contributed by atoms with Gasteiger partial charge in [-0.15, -0.1) is 0 Å². The van der Waals surface area contributed by atoms with Crippen LogP contribution < -0.4 is 17.0 Å². The molecule has 0 radical (unpaired) electrons. The van der Waals surface area contributed by atoms with Crippen LogP contribution in [-0.2, 0) is 0 Å². The Bertz CT molecular complexity index is 427. The molecule has 4 N–H and O–H groups in total. The molecular formula is C11H17N3O2. The largest absolute Gasteiger partial charge is 0.330 e. The third-order valence-corrected chi connectivity index (χ3v) is 3.40. The van der Waals surface area contributed by atoms with Gasteiger partial charge in [0.05, 0.1) is 0 Å². The van der Waals surface area contributed by atoms with E-state index in [0.29, 0.717) is 11.8 Å². The van der Waals surface area contributed by atoms with Crippen LogP contribution >= 0.6 is 0 Å². The monoisotopic (exact) mass is 223 g/mol. The van der Waals surface area contributed by atoms with E-state index in [9.17, 15) is 9.59 Å². The van der Waals surface area contributed by atoms with Crippen LogP contribution in [0.15, 0.2) is 15.7 Å². The molecule has 1 aromatic heterocycles. The minimum atomic E-state index is -0.413. The van der Waals surface area contributed by atoms with Crippen molar-refractivity contribution in [3.05, 3.63) is 32.6 Å². The zero-order valence-corrected chi connectivity index (χ0v) is 9.16. The Hall–Kier alpha value is -1.36. The lowest BCUT2D eigenvalue weighted by molar-refractivity contribution is 0.328. The van der Waals surface area contributed by atoms with E-state index in [1.54, 1.807) is 0 Å². The standard InChI is InChI=1S/C11H17N3O2/c12-6-7-1-3-8(4-2-7)9-5-10(15)14-11(16)13-9/h5,7-8H,1-4,6,12H2,(H2,13,14,15,16). The smallest absolute Gasteiger partial charge is 0.325 e. The summed E-state index contributed by atoms with van der Waals surface area (Å²) in [6.45, 7) is 0.735. The first-order valence-corrected chi connectivity index (χ1v) is 5.72. The van der Waals surface area contributed by atoms with Crippen LogP contribution in [0.25, 0.3) is 0 Å². The summed E-state index contributed by atoms with van der Waals surface area (Å²) < 4.78 is 0. The van der Waals surface area contributed by atoms with Crippen molar-refractivity contribution in [2.24, 2.45) is 11.7 Å². The number of hydrogen-bond acceptors (Lipinski definition) is 3. The number of aromatic nitrogens is 2. The third kappa shape index (κ3) is 2.41. The molecule has 0 atom stereocenters. The van der Waals surface area contributed by atoms with Gasteiger partial charge in [0, 0.05) is 11.8 Å². The first kappa shape index (κ1) is 11.1. The predicted octanol–water partition coefficient (Wildman–Crippen LogP) is 0.296. The van der Waals surface area contributed by atoms with Gasteiger partial charge in [-0.25, -0.2) is 4.79 Å². The van der Waals surface area contributed by atoms with E-state index in [1.165, 1.54) is 6.07 Å². The third-order valence-electron chi connectivity index (χ3n) is 3.40. The van der Waals surface area contributed by atoms with Crippen LogP contribution in [0.5, 0.6) is 0 Å². The van der Waals surface area contributed by atoms with Crippen LogP contribution in [-0.4, -0.2) is 16.5 Å². The van der Waals surface area contributed by atoms with Crippen molar-refractivity contribution in [1.82, 2.24) is 9.97 Å². The summed E-state index contributed by atoms with van der Waals surface area (Å²) in [6.07, 6.45) is 4.16. The molecule has 1 aliphatic rings. The van der Waals surface area contributed by atoms with Crippen molar-refractivity contribution in [3.8, 4) is 0 Å². The van der Waals surface area contributed by atoms with Crippen LogP contribution in [0.2, 0.25) is 0 Å². The number of hydrogen-bond donors (Lipinski definition) is 3. The second kappa shape index (κ2) is 4.65. The van der Waals surface area contributed by atoms with E-state index in [2.05, 4.69) is 9.97 Å². The Balaban J connectivity index is 2.14. The van der Waals surface area contributed by atoms with Crippen molar-refractivity contribution in [2.45, 2.75) is 31.6 Å². The second-order valence-electron chi connectivity index (χ2n) is 4.50. The summed E-state index contributed by atoms with van der Waals surface area (Å²) in [5, 5.41) is 0. The van der Waals surface area contributed by atoms with Crippen molar-refractivity contribution >= 4 is 0 Å².